The standard InChI is InChI=1S/C4H7F.H4Si/c1-3-4(2)5;/h3H,1-2H3;1H4. The Hall–Kier alpha value is -0.113. The Morgan fingerprint density at radius 2 is 1.83 bits per heavy atom. The van der Waals surface area contributed by atoms with E-state index in [9.17, 15) is 4.39 Å². The van der Waals surface area contributed by atoms with Crippen LogP contribution >= 0.6 is 0 Å². The third-order valence-corrected chi connectivity index (χ3v) is 0.398. The lowest BCUT2D eigenvalue weighted by molar-refractivity contribution is 0.638. The minimum absolute atomic E-state index is 0. The van der Waals surface area contributed by atoms with Gasteiger partial charge in [-0.1, -0.05) is 6.08 Å². The van der Waals surface area contributed by atoms with Crippen LogP contribution in [0.1, 0.15) is 13.8 Å². The Labute approximate surface area is 42.1 Å². The van der Waals surface area contributed by atoms with Crippen molar-refractivity contribution >= 4 is 11.0 Å². The van der Waals surface area contributed by atoms with Crippen LogP contribution in [0.15, 0.2) is 11.9 Å². The Kier molecular flexibility index (Phi) is 7.58. The zero-order chi connectivity index (χ0) is 4.28. The molecule has 0 spiro atoms. The highest BCUT2D eigenvalue weighted by atomic mass is 28.1. The molecule has 0 aromatic heterocycles. The number of hydrogen-bond acceptors (Lipinski definition) is 0. The average Bonchev–Trinajstić information content (AvgIpc) is 1.38. The lowest BCUT2D eigenvalue weighted by Crippen LogP contribution is -1.48. The molecule has 0 aliphatic rings. The number of halogens is 1. The molecule has 0 saturated heterocycles. The van der Waals surface area contributed by atoms with Crippen molar-refractivity contribution in [3.05, 3.63) is 11.9 Å². The van der Waals surface area contributed by atoms with Crippen LogP contribution in [0.2, 0.25) is 0 Å². The molecule has 0 fully saturated rings. The fourth-order valence-electron chi connectivity index (χ4n) is 0. The first-order valence-corrected chi connectivity index (χ1v) is 1.56. The van der Waals surface area contributed by atoms with Crippen molar-refractivity contribution in [2.75, 3.05) is 0 Å². The zero-order valence-corrected chi connectivity index (χ0v) is 3.46. The van der Waals surface area contributed by atoms with Gasteiger partial charge in [-0.05, 0) is 24.8 Å². The molecule has 0 aromatic carbocycles. The van der Waals surface area contributed by atoms with Crippen molar-refractivity contribution in [1.29, 1.82) is 0 Å². The van der Waals surface area contributed by atoms with Crippen LogP contribution in [-0.4, -0.2) is 11.0 Å². The van der Waals surface area contributed by atoms with Crippen LogP contribution < -0.4 is 0 Å². The average molecular weight is 106 g/mol. The zero-order valence-electron chi connectivity index (χ0n) is 3.46. The first kappa shape index (κ1) is 9.31. The smallest absolute Gasteiger partial charge is 0.0926 e. The van der Waals surface area contributed by atoms with Crippen molar-refractivity contribution in [3.63, 3.8) is 0 Å². The van der Waals surface area contributed by atoms with Gasteiger partial charge in [-0.3, -0.25) is 0 Å². The molecular formula is C4H11FSi. The maximum atomic E-state index is 11.3. The van der Waals surface area contributed by atoms with Gasteiger partial charge in [-0.15, -0.1) is 0 Å². The van der Waals surface area contributed by atoms with Gasteiger partial charge in [0, 0.05) is 0 Å². The Morgan fingerprint density at radius 1 is 1.67 bits per heavy atom. The Bertz CT molecular complexity index is 45.5. The first-order chi connectivity index (χ1) is 2.27. The van der Waals surface area contributed by atoms with Crippen molar-refractivity contribution in [2.45, 2.75) is 13.8 Å². The molecule has 0 rings (SSSR count). The molecule has 0 saturated carbocycles. The second-order valence-corrected chi connectivity index (χ2v) is 0.875. The number of rotatable bonds is 0. The molecule has 0 N–H and O–H groups in total. The second-order valence-electron chi connectivity index (χ2n) is 0.875. The van der Waals surface area contributed by atoms with E-state index in [0.717, 1.165) is 0 Å². The molecule has 0 aliphatic carbocycles. The fraction of sp³-hybridized carbons (Fsp3) is 0.500. The summed E-state index contributed by atoms with van der Waals surface area (Å²) in [5.41, 5.74) is 0. The van der Waals surface area contributed by atoms with Crippen molar-refractivity contribution in [2.24, 2.45) is 0 Å². The quantitative estimate of drug-likeness (QED) is 0.393. The summed E-state index contributed by atoms with van der Waals surface area (Å²) >= 11 is 0. The van der Waals surface area contributed by atoms with E-state index in [0.29, 0.717) is 0 Å². The van der Waals surface area contributed by atoms with E-state index in [1.807, 2.05) is 0 Å². The van der Waals surface area contributed by atoms with Gasteiger partial charge in [0.05, 0.1) is 5.83 Å². The van der Waals surface area contributed by atoms with Crippen LogP contribution in [0.4, 0.5) is 4.39 Å². The van der Waals surface area contributed by atoms with E-state index >= 15 is 0 Å². The van der Waals surface area contributed by atoms with Crippen LogP contribution in [0.25, 0.3) is 0 Å². The summed E-state index contributed by atoms with van der Waals surface area (Å²) in [4.78, 5) is 0. The highest BCUT2D eigenvalue weighted by Gasteiger charge is 1.66. The molecule has 0 amide bonds. The van der Waals surface area contributed by atoms with Gasteiger partial charge in [0.25, 0.3) is 0 Å². The minimum atomic E-state index is -0.120. The van der Waals surface area contributed by atoms with Gasteiger partial charge in [-0.2, -0.15) is 0 Å². The predicted molar refractivity (Wildman–Crippen MR) is 31.9 cm³/mol. The molecule has 0 atom stereocenters. The summed E-state index contributed by atoms with van der Waals surface area (Å²) in [6.07, 6.45) is 1.42. The van der Waals surface area contributed by atoms with Crippen LogP contribution in [-0.2, 0) is 0 Å². The minimum Gasteiger partial charge on any atom is -0.213 e. The molecule has 38 valence electrons. The summed E-state index contributed by atoms with van der Waals surface area (Å²) in [5, 5.41) is 0. The highest BCUT2D eigenvalue weighted by molar-refractivity contribution is 5.75. The van der Waals surface area contributed by atoms with E-state index in [2.05, 4.69) is 0 Å². The third kappa shape index (κ3) is 9.10. The van der Waals surface area contributed by atoms with Gasteiger partial charge < -0.3 is 0 Å². The molecule has 0 aliphatic heterocycles. The highest BCUT2D eigenvalue weighted by Crippen LogP contribution is 1.87. The molecule has 0 unspecified atom stereocenters. The van der Waals surface area contributed by atoms with Gasteiger partial charge >= 0.3 is 0 Å². The molecule has 0 heterocycles. The topological polar surface area (TPSA) is 0 Å². The van der Waals surface area contributed by atoms with Gasteiger partial charge in [0.2, 0.25) is 0 Å². The van der Waals surface area contributed by atoms with Gasteiger partial charge in [-0.25, -0.2) is 4.39 Å². The summed E-state index contributed by atoms with van der Waals surface area (Å²) in [5.74, 6) is -0.120. The normalized spacial score (nSPS) is 10.2. The summed E-state index contributed by atoms with van der Waals surface area (Å²) in [7, 11) is 0. The lowest BCUT2D eigenvalue weighted by atomic mass is 10.6. The summed E-state index contributed by atoms with van der Waals surface area (Å²) in [6.45, 7) is 3.08. The van der Waals surface area contributed by atoms with E-state index in [4.69, 9.17) is 0 Å². The largest absolute Gasteiger partial charge is 0.213 e. The van der Waals surface area contributed by atoms with E-state index in [1.54, 1.807) is 6.92 Å². The number of hydrogen-bond donors (Lipinski definition) is 0. The number of allylic oxidation sites excluding steroid dienone is 2. The van der Waals surface area contributed by atoms with Crippen molar-refractivity contribution in [1.82, 2.24) is 0 Å². The summed E-state index contributed by atoms with van der Waals surface area (Å²) in [6, 6.07) is 0. The van der Waals surface area contributed by atoms with E-state index in [-0.39, 0.29) is 16.8 Å². The predicted octanol–water partition coefficient (Wildman–Crippen LogP) is 0.428. The first-order valence-electron chi connectivity index (χ1n) is 1.56. The van der Waals surface area contributed by atoms with Crippen LogP contribution in [0, 0.1) is 0 Å². The Balaban J connectivity index is 0. The van der Waals surface area contributed by atoms with Gasteiger partial charge in [0.15, 0.2) is 0 Å². The van der Waals surface area contributed by atoms with Crippen LogP contribution in [0.5, 0.6) is 0 Å². The Morgan fingerprint density at radius 3 is 1.83 bits per heavy atom. The van der Waals surface area contributed by atoms with Gasteiger partial charge in [0.1, 0.15) is 0 Å². The van der Waals surface area contributed by atoms with Crippen molar-refractivity contribution < 1.29 is 4.39 Å². The molecule has 0 radical (unpaired) electrons. The lowest BCUT2D eigenvalue weighted by Gasteiger charge is -1.68. The maximum absolute atomic E-state index is 11.3. The second kappa shape index (κ2) is 4.89. The summed E-state index contributed by atoms with van der Waals surface area (Å²) < 4.78 is 11.3. The molecule has 0 nitrogen and oxygen atoms in total. The van der Waals surface area contributed by atoms with Crippen LogP contribution in [0.3, 0.4) is 0 Å². The monoisotopic (exact) mass is 106 g/mol. The maximum Gasteiger partial charge on any atom is 0.0926 e. The van der Waals surface area contributed by atoms with E-state index < -0.39 is 0 Å². The fourth-order valence-corrected chi connectivity index (χ4v) is 0. The molecule has 6 heavy (non-hydrogen) atoms. The van der Waals surface area contributed by atoms with Crippen molar-refractivity contribution in [3.8, 4) is 0 Å². The molecule has 0 aromatic rings. The molecular weight excluding hydrogens is 95.1 g/mol. The molecule has 2 heteroatoms. The molecule has 0 bridgehead atoms. The van der Waals surface area contributed by atoms with E-state index in [1.165, 1.54) is 13.0 Å². The third-order valence-electron chi connectivity index (χ3n) is 0.398. The SMILES string of the molecule is CC=C(C)F.[SiH4].